The van der Waals surface area contributed by atoms with Crippen LogP contribution in [0, 0.1) is 11.3 Å². The molecule has 2 aliphatic carbocycles. The van der Waals surface area contributed by atoms with Crippen molar-refractivity contribution in [3.63, 3.8) is 0 Å². The van der Waals surface area contributed by atoms with Crippen molar-refractivity contribution in [2.24, 2.45) is 17.1 Å². The van der Waals surface area contributed by atoms with E-state index in [4.69, 9.17) is 15.2 Å². The molecule has 5 aliphatic rings. The van der Waals surface area contributed by atoms with Gasteiger partial charge >= 0.3 is 6.09 Å². The standard InChI is InChI=1S/C35H46N6O9S/c1-5-22-15-35(22,32(45)39-51(47,48)24-11-12-24)38-30(43)27-14-23-17-41(27)31(44)28(34(2,3)4)37-29(42)26(36)19-49-13-7-10-20-8-6-9-21-16-40(18-25(20)21)33(46)50-23/h5-10,22-24,26-28H,1,11-19,36H2,2-4H3,(H,37,42)(H,38,43)(H,39,45). The van der Waals surface area contributed by atoms with Gasteiger partial charge in [0.2, 0.25) is 27.7 Å². The highest BCUT2D eigenvalue weighted by molar-refractivity contribution is 7.91. The Morgan fingerprint density at radius 3 is 2.57 bits per heavy atom. The van der Waals surface area contributed by atoms with Gasteiger partial charge in [0.05, 0.1) is 31.6 Å². The van der Waals surface area contributed by atoms with Crippen LogP contribution in [0.25, 0.3) is 6.08 Å². The first-order valence-electron chi connectivity index (χ1n) is 17.2. The molecule has 2 saturated carbocycles. The number of amides is 5. The molecule has 0 radical (unpaired) electrons. The summed E-state index contributed by atoms with van der Waals surface area (Å²) in [6, 6.07) is 2.25. The number of hydrogen-bond donors (Lipinski definition) is 4. The van der Waals surface area contributed by atoms with Crippen molar-refractivity contribution in [1.82, 2.24) is 25.2 Å². The molecular weight excluding hydrogens is 680 g/mol. The molecule has 4 bridgehead atoms. The monoisotopic (exact) mass is 726 g/mol. The van der Waals surface area contributed by atoms with Crippen molar-refractivity contribution >= 4 is 45.8 Å². The normalized spacial score (nSPS) is 30.0. The minimum atomic E-state index is -3.92. The van der Waals surface area contributed by atoms with Gasteiger partial charge < -0.3 is 30.7 Å². The van der Waals surface area contributed by atoms with Crippen molar-refractivity contribution in [2.75, 3.05) is 19.8 Å². The number of nitrogens with zero attached hydrogens (tertiary/aromatic N) is 2. The van der Waals surface area contributed by atoms with Crippen molar-refractivity contribution in [2.45, 2.75) is 94.6 Å². The number of sulfonamides is 1. The molecular formula is C35H46N6O9S. The summed E-state index contributed by atoms with van der Waals surface area (Å²) in [7, 11) is -3.92. The van der Waals surface area contributed by atoms with Gasteiger partial charge in [0.25, 0.3) is 5.91 Å². The summed E-state index contributed by atoms with van der Waals surface area (Å²) < 4.78 is 39.0. The highest BCUT2D eigenvalue weighted by Gasteiger charge is 2.62. The average Bonchev–Trinajstić information content (AvgIpc) is 3.96. The van der Waals surface area contributed by atoms with Crippen molar-refractivity contribution in [3.8, 4) is 0 Å². The highest BCUT2D eigenvalue weighted by atomic mass is 32.2. The Bertz CT molecular complexity index is 1770. The first-order valence-corrected chi connectivity index (χ1v) is 18.8. The minimum absolute atomic E-state index is 0.104. The van der Waals surface area contributed by atoms with Gasteiger partial charge in [0.1, 0.15) is 29.8 Å². The fourth-order valence-electron chi connectivity index (χ4n) is 6.92. The smallest absolute Gasteiger partial charge is 0.410 e. The van der Waals surface area contributed by atoms with E-state index in [-0.39, 0.29) is 39.1 Å². The molecule has 3 fully saturated rings. The van der Waals surface area contributed by atoms with E-state index in [9.17, 15) is 32.4 Å². The topological polar surface area (TPSA) is 207 Å². The lowest BCUT2D eigenvalue weighted by atomic mass is 9.85. The largest absolute Gasteiger partial charge is 0.444 e. The van der Waals surface area contributed by atoms with E-state index >= 15 is 0 Å². The summed E-state index contributed by atoms with van der Waals surface area (Å²) in [6.45, 7) is 9.46. The van der Waals surface area contributed by atoms with E-state index in [1.165, 1.54) is 11.0 Å². The number of ether oxygens (including phenoxy) is 2. The summed E-state index contributed by atoms with van der Waals surface area (Å²) in [5.41, 5.74) is 6.51. The Morgan fingerprint density at radius 1 is 1.16 bits per heavy atom. The number of hydrogen-bond acceptors (Lipinski definition) is 10. The Morgan fingerprint density at radius 2 is 1.90 bits per heavy atom. The molecule has 0 spiro atoms. The van der Waals surface area contributed by atoms with Gasteiger partial charge in [-0.15, -0.1) is 6.58 Å². The van der Waals surface area contributed by atoms with Crippen LogP contribution in [0.5, 0.6) is 0 Å². The maximum absolute atomic E-state index is 14.4. The molecule has 6 rings (SSSR count). The summed E-state index contributed by atoms with van der Waals surface area (Å²) >= 11 is 0. The summed E-state index contributed by atoms with van der Waals surface area (Å²) in [5, 5.41) is 4.81. The number of carbonyl (C=O) groups is 5. The van der Waals surface area contributed by atoms with Crippen molar-refractivity contribution < 1.29 is 41.9 Å². The summed E-state index contributed by atoms with van der Waals surface area (Å²) in [5.74, 6) is -3.41. The van der Waals surface area contributed by atoms with Crippen LogP contribution >= 0.6 is 0 Å². The van der Waals surface area contributed by atoms with Crippen LogP contribution in [0.15, 0.2) is 36.9 Å². The van der Waals surface area contributed by atoms with Gasteiger partial charge in [-0.1, -0.05) is 57.2 Å². The van der Waals surface area contributed by atoms with Crippen LogP contribution < -0.4 is 21.1 Å². The predicted molar refractivity (Wildman–Crippen MR) is 185 cm³/mol. The van der Waals surface area contributed by atoms with Gasteiger partial charge in [-0.2, -0.15) is 0 Å². The lowest BCUT2D eigenvalue weighted by Gasteiger charge is -2.36. The van der Waals surface area contributed by atoms with Crippen LogP contribution in [0.2, 0.25) is 0 Å². The fraction of sp³-hybridized carbons (Fsp3) is 0.571. The second kappa shape index (κ2) is 13.7. The molecule has 15 nitrogen and oxygen atoms in total. The maximum atomic E-state index is 14.4. The van der Waals surface area contributed by atoms with E-state index in [1.54, 1.807) is 31.7 Å². The van der Waals surface area contributed by atoms with E-state index in [2.05, 4.69) is 21.9 Å². The predicted octanol–water partition coefficient (Wildman–Crippen LogP) is 0.679. The van der Waals surface area contributed by atoms with Crippen LogP contribution in [0.4, 0.5) is 4.79 Å². The molecule has 0 aromatic heterocycles. The van der Waals surface area contributed by atoms with Gasteiger partial charge in [0, 0.05) is 18.9 Å². The summed E-state index contributed by atoms with van der Waals surface area (Å²) in [6.07, 6.45) is 4.50. The Labute approximate surface area is 297 Å². The molecule has 6 unspecified atom stereocenters. The van der Waals surface area contributed by atoms with Crippen molar-refractivity contribution in [3.05, 3.63) is 53.6 Å². The maximum Gasteiger partial charge on any atom is 0.410 e. The van der Waals surface area contributed by atoms with E-state index in [1.807, 2.05) is 24.3 Å². The third-order valence-corrected chi connectivity index (χ3v) is 12.0. The molecule has 51 heavy (non-hydrogen) atoms. The second-order valence-corrected chi connectivity index (χ2v) is 17.1. The lowest BCUT2D eigenvalue weighted by Crippen LogP contribution is -2.61. The number of rotatable bonds is 6. The Kier molecular flexibility index (Phi) is 9.80. The number of nitrogens with one attached hydrogen (secondary N) is 3. The number of fused-ring (bicyclic) bond motifs is 3. The molecule has 276 valence electrons. The molecule has 3 aliphatic heterocycles. The zero-order valence-electron chi connectivity index (χ0n) is 29.1. The molecule has 6 atom stereocenters. The average molecular weight is 727 g/mol. The SMILES string of the molecule is C=CC1CC1(NC(=O)C1CC2CN1C(=O)C(C(C)(C)C)NC(=O)C(N)COCC=Cc1cccc3c1CN(C3)C(=O)O2)C(=O)NS(=O)(=O)C1CC1. The van der Waals surface area contributed by atoms with Crippen LogP contribution in [0.1, 0.15) is 63.1 Å². The number of carbonyl (C=O) groups excluding carboxylic acids is 5. The number of nitrogens with two attached hydrogens (primary N) is 1. The van der Waals surface area contributed by atoms with E-state index in [0.717, 1.165) is 16.7 Å². The van der Waals surface area contributed by atoms with E-state index < -0.39 is 86.1 Å². The molecule has 1 aromatic carbocycles. The molecule has 5 amide bonds. The molecule has 1 aromatic rings. The fourth-order valence-corrected chi connectivity index (χ4v) is 8.29. The Hall–Kier alpha value is -4.28. The van der Waals surface area contributed by atoms with Gasteiger partial charge in [-0.3, -0.25) is 28.8 Å². The van der Waals surface area contributed by atoms with Gasteiger partial charge in [0.15, 0.2) is 0 Å². The lowest BCUT2D eigenvalue weighted by molar-refractivity contribution is -0.145. The third-order valence-electron chi connectivity index (χ3n) is 10.2. The first-order chi connectivity index (χ1) is 24.0. The summed E-state index contributed by atoms with van der Waals surface area (Å²) in [4.78, 5) is 71.6. The van der Waals surface area contributed by atoms with Crippen LogP contribution in [-0.4, -0.2) is 103 Å². The van der Waals surface area contributed by atoms with Crippen LogP contribution in [-0.2, 0) is 51.8 Å². The molecule has 5 N–H and O–H groups in total. The Balaban J connectivity index is 1.29. The van der Waals surface area contributed by atoms with Gasteiger partial charge in [-0.25, -0.2) is 13.2 Å². The van der Waals surface area contributed by atoms with Gasteiger partial charge in [-0.05, 0) is 41.4 Å². The number of benzene rings is 1. The third kappa shape index (κ3) is 7.53. The molecule has 3 heterocycles. The quantitative estimate of drug-likeness (QED) is 0.302. The zero-order valence-corrected chi connectivity index (χ0v) is 29.9. The second-order valence-electron chi connectivity index (χ2n) is 15.1. The van der Waals surface area contributed by atoms with Crippen LogP contribution in [0.3, 0.4) is 0 Å². The molecule has 16 heteroatoms. The van der Waals surface area contributed by atoms with Crippen molar-refractivity contribution in [1.29, 1.82) is 0 Å². The van der Waals surface area contributed by atoms with E-state index in [0.29, 0.717) is 19.4 Å². The first kappa shape index (κ1) is 36.5. The minimum Gasteiger partial charge on any atom is -0.444 e. The highest BCUT2D eigenvalue weighted by Crippen LogP contribution is 2.45. The molecule has 1 saturated heterocycles. The zero-order chi connectivity index (χ0) is 36.9.